The van der Waals surface area contributed by atoms with Gasteiger partial charge in [-0.25, -0.2) is 0 Å². The second-order valence-electron chi connectivity index (χ2n) is 2.77. The van der Waals surface area contributed by atoms with Gasteiger partial charge in [0.15, 0.2) is 0 Å². The van der Waals surface area contributed by atoms with Gasteiger partial charge >= 0.3 is 0 Å². The predicted octanol–water partition coefficient (Wildman–Crippen LogP) is 0.497. The van der Waals surface area contributed by atoms with E-state index in [9.17, 15) is 4.79 Å². The van der Waals surface area contributed by atoms with Crippen LogP contribution in [0.2, 0.25) is 0 Å². The van der Waals surface area contributed by atoms with Crippen molar-refractivity contribution in [1.29, 1.82) is 0 Å². The molecule has 0 aromatic rings. The maximum atomic E-state index is 11.1. The maximum absolute atomic E-state index is 11.1. The molecule has 0 spiro atoms. The van der Waals surface area contributed by atoms with Crippen LogP contribution in [0.3, 0.4) is 0 Å². The predicted molar refractivity (Wildman–Crippen MR) is 46.1 cm³/mol. The molecule has 0 saturated carbocycles. The van der Waals surface area contributed by atoms with Gasteiger partial charge in [0.1, 0.15) is 0 Å². The summed E-state index contributed by atoms with van der Waals surface area (Å²) in [5.41, 5.74) is 5.32. The first kappa shape index (κ1) is 10.4. The van der Waals surface area contributed by atoms with Crippen LogP contribution in [0.1, 0.15) is 26.7 Å². The summed E-state index contributed by atoms with van der Waals surface area (Å²) in [5.74, 6) is 0.184. The summed E-state index contributed by atoms with van der Waals surface area (Å²) in [7, 11) is 0. The van der Waals surface area contributed by atoms with Gasteiger partial charge in [0.2, 0.25) is 5.91 Å². The van der Waals surface area contributed by atoms with Crippen LogP contribution in [0, 0.1) is 5.92 Å². The van der Waals surface area contributed by atoms with Crippen molar-refractivity contribution in [3.63, 3.8) is 0 Å². The average Bonchev–Trinajstić information content (AvgIpc) is 2.00. The molecule has 1 amide bonds. The first-order valence-electron chi connectivity index (χ1n) is 4.20. The number of nitrogens with one attached hydrogen (secondary N) is 1. The molecule has 0 saturated heterocycles. The van der Waals surface area contributed by atoms with Crippen LogP contribution in [-0.2, 0) is 4.79 Å². The third-order valence-electron chi connectivity index (χ3n) is 1.60. The topological polar surface area (TPSA) is 55.1 Å². The SMILES string of the molecule is CCCNC(=O)C(C)CCN. The van der Waals surface area contributed by atoms with Crippen LogP contribution in [0.5, 0.6) is 0 Å². The number of hydrogen-bond acceptors (Lipinski definition) is 2. The molecule has 0 aliphatic rings. The van der Waals surface area contributed by atoms with Crippen molar-refractivity contribution < 1.29 is 4.79 Å². The molecule has 0 radical (unpaired) electrons. The highest BCUT2D eigenvalue weighted by Crippen LogP contribution is 1.98. The van der Waals surface area contributed by atoms with Crippen LogP contribution >= 0.6 is 0 Å². The van der Waals surface area contributed by atoms with E-state index in [1.807, 2.05) is 13.8 Å². The Morgan fingerprint density at radius 3 is 2.73 bits per heavy atom. The molecule has 1 unspecified atom stereocenters. The fourth-order valence-corrected chi connectivity index (χ4v) is 0.804. The third-order valence-corrected chi connectivity index (χ3v) is 1.60. The van der Waals surface area contributed by atoms with Gasteiger partial charge in [0, 0.05) is 12.5 Å². The molecule has 66 valence electrons. The van der Waals surface area contributed by atoms with E-state index in [1.165, 1.54) is 0 Å². The molecule has 11 heavy (non-hydrogen) atoms. The van der Waals surface area contributed by atoms with Gasteiger partial charge in [-0.1, -0.05) is 13.8 Å². The molecule has 0 bridgehead atoms. The van der Waals surface area contributed by atoms with E-state index in [1.54, 1.807) is 0 Å². The van der Waals surface area contributed by atoms with E-state index >= 15 is 0 Å². The fourth-order valence-electron chi connectivity index (χ4n) is 0.804. The van der Waals surface area contributed by atoms with Crippen molar-refractivity contribution in [2.45, 2.75) is 26.7 Å². The minimum absolute atomic E-state index is 0.0616. The first-order valence-corrected chi connectivity index (χ1v) is 4.20. The molecule has 1 atom stereocenters. The normalized spacial score (nSPS) is 12.6. The number of carbonyl (C=O) groups is 1. The van der Waals surface area contributed by atoms with E-state index in [0.717, 1.165) is 19.4 Å². The Labute approximate surface area is 68.3 Å². The van der Waals surface area contributed by atoms with Crippen LogP contribution in [-0.4, -0.2) is 19.0 Å². The summed E-state index contributed by atoms with van der Waals surface area (Å²) in [5, 5.41) is 2.82. The van der Waals surface area contributed by atoms with Gasteiger partial charge in [-0.2, -0.15) is 0 Å². The molecule has 0 rings (SSSR count). The van der Waals surface area contributed by atoms with Crippen LogP contribution in [0.15, 0.2) is 0 Å². The maximum Gasteiger partial charge on any atom is 0.222 e. The minimum atomic E-state index is 0.0616. The zero-order valence-electron chi connectivity index (χ0n) is 7.39. The largest absolute Gasteiger partial charge is 0.356 e. The van der Waals surface area contributed by atoms with E-state index in [2.05, 4.69) is 5.32 Å². The monoisotopic (exact) mass is 158 g/mol. The molecule has 0 aromatic carbocycles. The van der Waals surface area contributed by atoms with Crippen molar-refractivity contribution in [2.75, 3.05) is 13.1 Å². The Balaban J connectivity index is 3.47. The van der Waals surface area contributed by atoms with E-state index in [4.69, 9.17) is 5.73 Å². The lowest BCUT2D eigenvalue weighted by molar-refractivity contribution is -0.124. The second kappa shape index (κ2) is 6.16. The zero-order valence-corrected chi connectivity index (χ0v) is 7.39. The van der Waals surface area contributed by atoms with Gasteiger partial charge in [-0.15, -0.1) is 0 Å². The van der Waals surface area contributed by atoms with Crippen molar-refractivity contribution in [2.24, 2.45) is 11.7 Å². The lowest BCUT2D eigenvalue weighted by Gasteiger charge is -2.09. The molecule has 3 heteroatoms. The summed E-state index contributed by atoms with van der Waals surface area (Å²) < 4.78 is 0. The molecule has 0 aromatic heterocycles. The Kier molecular flexibility index (Phi) is 5.84. The molecule has 3 nitrogen and oxygen atoms in total. The second-order valence-corrected chi connectivity index (χ2v) is 2.77. The van der Waals surface area contributed by atoms with Crippen LogP contribution in [0.25, 0.3) is 0 Å². The number of carbonyl (C=O) groups excluding carboxylic acids is 1. The van der Waals surface area contributed by atoms with Gasteiger partial charge in [-0.3, -0.25) is 4.79 Å². The summed E-state index contributed by atoms with van der Waals surface area (Å²) in [4.78, 5) is 11.1. The van der Waals surface area contributed by atoms with Crippen molar-refractivity contribution >= 4 is 5.91 Å². The van der Waals surface area contributed by atoms with Gasteiger partial charge in [0.25, 0.3) is 0 Å². The van der Waals surface area contributed by atoms with Crippen LogP contribution < -0.4 is 11.1 Å². The number of hydrogen-bond donors (Lipinski definition) is 2. The smallest absolute Gasteiger partial charge is 0.222 e. The first-order chi connectivity index (χ1) is 5.22. The molecular weight excluding hydrogens is 140 g/mol. The lowest BCUT2D eigenvalue weighted by atomic mass is 10.1. The molecule has 0 heterocycles. The lowest BCUT2D eigenvalue weighted by Crippen LogP contribution is -2.30. The van der Waals surface area contributed by atoms with Crippen molar-refractivity contribution in [3.05, 3.63) is 0 Å². The third kappa shape index (κ3) is 4.79. The Hall–Kier alpha value is -0.570. The Bertz CT molecular complexity index is 115. The number of amides is 1. The highest BCUT2D eigenvalue weighted by Gasteiger charge is 2.09. The Morgan fingerprint density at radius 1 is 1.64 bits per heavy atom. The summed E-state index contributed by atoms with van der Waals surface area (Å²) >= 11 is 0. The van der Waals surface area contributed by atoms with Crippen molar-refractivity contribution in [1.82, 2.24) is 5.32 Å². The van der Waals surface area contributed by atoms with Gasteiger partial charge in [-0.05, 0) is 19.4 Å². The van der Waals surface area contributed by atoms with E-state index < -0.39 is 0 Å². The standard InChI is InChI=1S/C8H18N2O/c1-3-6-10-8(11)7(2)4-5-9/h7H,3-6,9H2,1-2H3,(H,10,11). The zero-order chi connectivity index (χ0) is 8.69. The minimum Gasteiger partial charge on any atom is -0.356 e. The van der Waals surface area contributed by atoms with Gasteiger partial charge < -0.3 is 11.1 Å². The number of rotatable bonds is 5. The van der Waals surface area contributed by atoms with E-state index in [0.29, 0.717) is 6.54 Å². The van der Waals surface area contributed by atoms with Gasteiger partial charge in [0.05, 0.1) is 0 Å². The Morgan fingerprint density at radius 2 is 2.27 bits per heavy atom. The molecule has 0 aliphatic heterocycles. The van der Waals surface area contributed by atoms with E-state index in [-0.39, 0.29) is 11.8 Å². The molecule has 0 fully saturated rings. The highest BCUT2D eigenvalue weighted by molar-refractivity contribution is 5.78. The fraction of sp³-hybridized carbons (Fsp3) is 0.875. The molecule has 3 N–H and O–H groups in total. The molecule has 0 aliphatic carbocycles. The summed E-state index contributed by atoms with van der Waals surface area (Å²) in [6, 6.07) is 0. The average molecular weight is 158 g/mol. The molecular formula is C8H18N2O. The summed E-state index contributed by atoms with van der Waals surface area (Å²) in [6.45, 7) is 5.29. The summed E-state index contributed by atoms with van der Waals surface area (Å²) in [6.07, 6.45) is 1.76. The van der Waals surface area contributed by atoms with Crippen LogP contribution in [0.4, 0.5) is 0 Å². The highest BCUT2D eigenvalue weighted by atomic mass is 16.1. The quantitative estimate of drug-likeness (QED) is 0.612. The van der Waals surface area contributed by atoms with Crippen molar-refractivity contribution in [3.8, 4) is 0 Å². The number of nitrogens with two attached hydrogens (primary N) is 1.